The molecule has 1 atom stereocenters. The third-order valence-electron chi connectivity index (χ3n) is 0.814. The van der Waals surface area contributed by atoms with Gasteiger partial charge in [-0.3, -0.25) is 4.79 Å². The predicted molar refractivity (Wildman–Crippen MR) is 83.9 cm³/mol. The number of aliphatic hydroxyl groups is 1. The lowest BCUT2D eigenvalue weighted by atomic mass is 10.2. The van der Waals surface area contributed by atoms with E-state index < -0.39 is 6.10 Å². The Morgan fingerprint density at radius 3 is 0.783 bits per heavy atom. The highest BCUT2D eigenvalue weighted by Gasteiger charge is 2.02. The molecule has 0 aromatic heterocycles. The number of rotatable bonds is 2. The molecule has 0 fully saturated rings. The van der Waals surface area contributed by atoms with Crippen molar-refractivity contribution in [2.75, 3.05) is 0 Å². The molecule has 0 aromatic rings. The fraction of sp³-hybridized carbons (Fsp3) is 0.308. The molecule has 1 N–H and O–H groups in total. The zero-order chi connectivity index (χ0) is 21.9. The predicted octanol–water partition coefficient (Wildman–Crippen LogP) is -1.13. The first-order chi connectivity index (χ1) is 11.2. The van der Waals surface area contributed by atoms with Crippen LogP contribution in [0.4, 0.5) is 0 Å². The normalized spacial score (nSPS) is 5.52. The van der Waals surface area contributed by atoms with Crippen molar-refractivity contribution in [3.05, 3.63) is 0 Å². The number of carbonyl (C=O) groups is 9. The summed E-state index contributed by atoms with van der Waals surface area (Å²) in [6, 6.07) is 0. The van der Waals surface area contributed by atoms with Crippen molar-refractivity contribution < 1.29 is 48.3 Å². The molecule has 0 heterocycles. The quantitative estimate of drug-likeness (QED) is 0.646. The Balaban J connectivity index is -0.0000000151. The van der Waals surface area contributed by atoms with Crippen LogP contribution in [-0.2, 0) is 43.2 Å². The van der Waals surface area contributed by atoms with Gasteiger partial charge in [-0.15, -0.1) is 0 Å². The average molecular weight is 342 g/mol. The van der Waals surface area contributed by atoms with E-state index in [0.717, 1.165) is 0 Å². The van der Waals surface area contributed by atoms with Crippen LogP contribution in [0, 0.1) is 0 Å². The Morgan fingerprint density at radius 1 is 0.652 bits per heavy atom. The molecule has 0 rings (SSSR count). The molecule has 1 unspecified atom stereocenters. The minimum Gasteiger partial charge on any atom is -0.386 e. The SMILES string of the molecule is C=O.C=O.C=O.C=O.C=O.C=O.C=O.C=O.CCC(=O)C(C)O. The molecule has 138 valence electrons. The van der Waals surface area contributed by atoms with Crippen molar-refractivity contribution in [2.24, 2.45) is 0 Å². The smallest absolute Gasteiger partial charge is 0.160 e. The zero-order valence-corrected chi connectivity index (χ0v) is 13.6. The summed E-state index contributed by atoms with van der Waals surface area (Å²) in [6.45, 7) is 19.2. The number of ketones is 1. The van der Waals surface area contributed by atoms with E-state index in [-0.39, 0.29) is 5.78 Å². The van der Waals surface area contributed by atoms with E-state index in [1.54, 1.807) is 6.92 Å². The van der Waals surface area contributed by atoms with Crippen LogP contribution in [0.5, 0.6) is 0 Å². The molecule has 0 radical (unpaired) electrons. The number of hydrogen-bond donors (Lipinski definition) is 1. The standard InChI is InChI=1S/C5H10O2.8CH2O/c1-3-5(7)4(2)6;8*1-2/h4,6H,3H2,1-2H3;8*1H2. The zero-order valence-electron chi connectivity index (χ0n) is 13.6. The highest BCUT2D eigenvalue weighted by Crippen LogP contribution is 1.86. The molecule has 0 amide bonds. The monoisotopic (exact) mass is 342 g/mol. The van der Waals surface area contributed by atoms with Crippen LogP contribution >= 0.6 is 0 Å². The first-order valence-corrected chi connectivity index (χ1v) is 4.70. The molecule has 23 heavy (non-hydrogen) atoms. The van der Waals surface area contributed by atoms with Gasteiger partial charge in [0.2, 0.25) is 0 Å². The highest BCUT2D eigenvalue weighted by molar-refractivity contribution is 5.81. The van der Waals surface area contributed by atoms with Gasteiger partial charge in [0.05, 0.1) is 0 Å². The van der Waals surface area contributed by atoms with E-state index in [1.165, 1.54) is 6.92 Å². The molecule has 0 saturated heterocycles. The van der Waals surface area contributed by atoms with Gasteiger partial charge >= 0.3 is 0 Å². The van der Waals surface area contributed by atoms with Crippen LogP contribution in [0.3, 0.4) is 0 Å². The van der Waals surface area contributed by atoms with Gasteiger partial charge in [-0.25, -0.2) is 0 Å². The molecule has 0 bridgehead atoms. The van der Waals surface area contributed by atoms with Gasteiger partial charge in [0.15, 0.2) is 5.78 Å². The summed E-state index contributed by atoms with van der Waals surface area (Å²) in [4.78, 5) is 74.3. The van der Waals surface area contributed by atoms with Crippen molar-refractivity contribution in [3.8, 4) is 0 Å². The first kappa shape index (κ1) is 59.7. The van der Waals surface area contributed by atoms with E-state index in [2.05, 4.69) is 0 Å². The number of hydrogen-bond acceptors (Lipinski definition) is 10. The maximum Gasteiger partial charge on any atom is 0.160 e. The minimum absolute atomic E-state index is 0.0972. The molecule has 0 aliphatic rings. The second-order valence-corrected chi connectivity index (χ2v) is 1.50. The van der Waals surface area contributed by atoms with Crippen LogP contribution < -0.4 is 0 Å². The lowest BCUT2D eigenvalue weighted by Crippen LogP contribution is -2.13. The summed E-state index contributed by atoms with van der Waals surface area (Å²) >= 11 is 0. The van der Waals surface area contributed by atoms with Gasteiger partial charge in [0, 0.05) is 6.42 Å². The molecule has 10 heteroatoms. The van der Waals surface area contributed by atoms with Crippen LogP contribution in [0.15, 0.2) is 0 Å². The molecule has 0 saturated carbocycles. The van der Waals surface area contributed by atoms with E-state index in [1.807, 2.05) is 54.3 Å². The summed E-state index contributed by atoms with van der Waals surface area (Å²) in [5.41, 5.74) is 0. The molecule has 0 aliphatic heterocycles. The number of aliphatic hydroxyl groups excluding tert-OH is 1. The maximum absolute atomic E-state index is 10.3. The van der Waals surface area contributed by atoms with Crippen LogP contribution in [-0.4, -0.2) is 71.3 Å². The summed E-state index contributed by atoms with van der Waals surface area (Å²) < 4.78 is 0. The van der Waals surface area contributed by atoms with E-state index in [9.17, 15) is 4.79 Å². The number of Topliss-reactive ketones (excluding diaryl/α,β-unsaturated/α-hetero) is 1. The topological polar surface area (TPSA) is 174 Å². The summed E-state index contributed by atoms with van der Waals surface area (Å²) in [7, 11) is 0. The van der Waals surface area contributed by atoms with Crippen molar-refractivity contribution in [3.63, 3.8) is 0 Å². The van der Waals surface area contributed by atoms with E-state index >= 15 is 0 Å². The Hall–Kier alpha value is -3.01. The van der Waals surface area contributed by atoms with Crippen molar-refractivity contribution in [1.29, 1.82) is 0 Å². The molecule has 0 aliphatic carbocycles. The summed E-state index contributed by atoms with van der Waals surface area (Å²) in [6.07, 6.45) is -0.345. The average Bonchev–Trinajstić information content (AvgIpc) is 2.73. The van der Waals surface area contributed by atoms with Crippen molar-refractivity contribution in [2.45, 2.75) is 26.4 Å². The molecule has 10 nitrogen and oxygen atoms in total. The Kier molecular flexibility index (Phi) is 1000. The maximum atomic E-state index is 10.3. The summed E-state index contributed by atoms with van der Waals surface area (Å²) in [5, 5.41) is 8.47. The first-order valence-electron chi connectivity index (χ1n) is 4.70. The van der Waals surface area contributed by atoms with E-state index in [4.69, 9.17) is 43.5 Å². The fourth-order valence-corrected chi connectivity index (χ4v) is 0.295. The van der Waals surface area contributed by atoms with Crippen LogP contribution in [0.1, 0.15) is 20.3 Å². The van der Waals surface area contributed by atoms with Gasteiger partial charge in [-0.1, -0.05) is 6.92 Å². The Bertz CT molecular complexity index is 143. The minimum atomic E-state index is -0.773. The van der Waals surface area contributed by atoms with Gasteiger partial charge in [-0.05, 0) is 6.92 Å². The fourth-order valence-electron chi connectivity index (χ4n) is 0.295. The third-order valence-corrected chi connectivity index (χ3v) is 0.814. The second-order valence-electron chi connectivity index (χ2n) is 1.50. The van der Waals surface area contributed by atoms with Crippen LogP contribution in [0.25, 0.3) is 0 Å². The molecule has 0 aromatic carbocycles. The second kappa shape index (κ2) is 386. The van der Waals surface area contributed by atoms with Gasteiger partial charge in [-0.2, -0.15) is 0 Å². The van der Waals surface area contributed by atoms with Gasteiger partial charge in [0.1, 0.15) is 60.4 Å². The summed E-state index contributed by atoms with van der Waals surface area (Å²) in [5.74, 6) is -0.0972. The molecular formula is C13H26O10. The lowest BCUT2D eigenvalue weighted by molar-refractivity contribution is -0.126. The third kappa shape index (κ3) is 613. The number of carbonyl (C=O) groups excluding carboxylic acids is 9. The molecular weight excluding hydrogens is 316 g/mol. The van der Waals surface area contributed by atoms with Gasteiger partial charge < -0.3 is 43.5 Å². The van der Waals surface area contributed by atoms with Crippen LogP contribution in [0.2, 0.25) is 0 Å². The highest BCUT2D eigenvalue weighted by atomic mass is 16.3. The largest absolute Gasteiger partial charge is 0.386 e. The van der Waals surface area contributed by atoms with Crippen molar-refractivity contribution in [1.82, 2.24) is 0 Å². The van der Waals surface area contributed by atoms with Gasteiger partial charge in [0.25, 0.3) is 0 Å². The molecule has 0 spiro atoms. The van der Waals surface area contributed by atoms with Crippen molar-refractivity contribution >= 4 is 60.1 Å². The Labute approximate surface area is 135 Å². The lowest BCUT2D eigenvalue weighted by Gasteiger charge is -1.95. The Morgan fingerprint density at radius 2 is 0.783 bits per heavy atom. The van der Waals surface area contributed by atoms with E-state index in [0.29, 0.717) is 6.42 Å².